The Kier molecular flexibility index (Phi) is 3.82. The van der Waals surface area contributed by atoms with Gasteiger partial charge in [-0.2, -0.15) is 0 Å². The average molecular weight is 238 g/mol. The fourth-order valence-corrected chi connectivity index (χ4v) is 2.88. The first kappa shape index (κ1) is 12.6. The first-order valence-corrected chi connectivity index (χ1v) is 6.69. The Balaban J connectivity index is 1.85. The number of hydrogen-bond donors (Lipinski definition) is 1. The van der Waals surface area contributed by atoms with E-state index in [1.54, 1.807) is 0 Å². The van der Waals surface area contributed by atoms with Crippen molar-refractivity contribution < 1.29 is 9.59 Å². The normalized spacial score (nSPS) is 26.5. The highest BCUT2D eigenvalue weighted by Crippen LogP contribution is 2.24. The standard InChI is InChI=1S/C13H22N2O2/c1-9(2)15-12(16)7-11(13(15)17)14-8-10-5-3-4-6-10/h9-11,14H,3-8H2,1-2H3. The van der Waals surface area contributed by atoms with E-state index in [0.717, 1.165) is 6.54 Å². The van der Waals surface area contributed by atoms with E-state index < -0.39 is 0 Å². The summed E-state index contributed by atoms with van der Waals surface area (Å²) in [5.74, 6) is 0.628. The molecule has 4 nitrogen and oxygen atoms in total. The number of likely N-dealkylation sites (tertiary alicyclic amines) is 1. The van der Waals surface area contributed by atoms with Crippen LogP contribution in [0.3, 0.4) is 0 Å². The molecule has 1 unspecified atom stereocenters. The van der Waals surface area contributed by atoms with E-state index in [4.69, 9.17) is 0 Å². The van der Waals surface area contributed by atoms with Gasteiger partial charge in [0, 0.05) is 6.04 Å². The number of rotatable bonds is 4. The molecular formula is C13H22N2O2. The summed E-state index contributed by atoms with van der Waals surface area (Å²) in [6, 6.07) is -0.293. The summed E-state index contributed by atoms with van der Waals surface area (Å²) in [5, 5.41) is 3.28. The second-order valence-electron chi connectivity index (χ2n) is 5.51. The predicted molar refractivity (Wildman–Crippen MR) is 65.4 cm³/mol. The van der Waals surface area contributed by atoms with Crippen LogP contribution in [0.5, 0.6) is 0 Å². The first-order chi connectivity index (χ1) is 8.09. The summed E-state index contributed by atoms with van der Waals surface area (Å²) in [6.45, 7) is 4.65. The summed E-state index contributed by atoms with van der Waals surface area (Å²) in [4.78, 5) is 25.1. The molecule has 1 atom stereocenters. The molecule has 1 heterocycles. The van der Waals surface area contributed by atoms with Gasteiger partial charge in [-0.3, -0.25) is 14.5 Å². The Morgan fingerprint density at radius 2 is 1.94 bits per heavy atom. The highest BCUT2D eigenvalue weighted by molar-refractivity contribution is 6.05. The minimum absolute atomic E-state index is 0.0201. The van der Waals surface area contributed by atoms with Gasteiger partial charge in [-0.05, 0) is 39.2 Å². The molecule has 1 aliphatic heterocycles. The van der Waals surface area contributed by atoms with Crippen LogP contribution in [-0.2, 0) is 9.59 Å². The maximum absolute atomic E-state index is 12.0. The molecule has 1 N–H and O–H groups in total. The average Bonchev–Trinajstić information content (AvgIpc) is 2.84. The number of carbonyl (C=O) groups is 2. The number of hydrogen-bond acceptors (Lipinski definition) is 3. The van der Waals surface area contributed by atoms with Crippen molar-refractivity contribution >= 4 is 11.8 Å². The van der Waals surface area contributed by atoms with Gasteiger partial charge in [0.15, 0.2) is 0 Å². The summed E-state index contributed by atoms with van der Waals surface area (Å²) in [5.41, 5.74) is 0. The number of nitrogens with one attached hydrogen (secondary N) is 1. The van der Waals surface area contributed by atoms with Crippen LogP contribution >= 0.6 is 0 Å². The van der Waals surface area contributed by atoms with Crippen LogP contribution < -0.4 is 5.32 Å². The Labute approximate surface area is 103 Å². The van der Waals surface area contributed by atoms with E-state index in [-0.39, 0.29) is 23.9 Å². The molecule has 1 saturated heterocycles. The minimum Gasteiger partial charge on any atom is -0.305 e. The second kappa shape index (κ2) is 5.17. The van der Waals surface area contributed by atoms with Crippen molar-refractivity contribution in [1.82, 2.24) is 10.2 Å². The summed E-state index contributed by atoms with van der Waals surface area (Å²) < 4.78 is 0. The summed E-state index contributed by atoms with van der Waals surface area (Å²) >= 11 is 0. The van der Waals surface area contributed by atoms with Gasteiger partial charge in [-0.25, -0.2) is 0 Å². The zero-order chi connectivity index (χ0) is 12.4. The molecule has 4 heteroatoms. The van der Waals surface area contributed by atoms with Crippen molar-refractivity contribution in [3.05, 3.63) is 0 Å². The van der Waals surface area contributed by atoms with Crippen LogP contribution in [0.4, 0.5) is 0 Å². The molecule has 96 valence electrons. The van der Waals surface area contributed by atoms with Crippen LogP contribution in [0.2, 0.25) is 0 Å². The molecule has 0 aromatic rings. The Morgan fingerprint density at radius 3 is 2.47 bits per heavy atom. The molecule has 1 aliphatic carbocycles. The molecular weight excluding hydrogens is 216 g/mol. The maximum atomic E-state index is 12.0. The fourth-order valence-electron chi connectivity index (χ4n) is 2.88. The van der Waals surface area contributed by atoms with Crippen molar-refractivity contribution in [2.45, 2.75) is 58.0 Å². The van der Waals surface area contributed by atoms with E-state index in [1.807, 2.05) is 13.8 Å². The minimum atomic E-state index is -0.273. The van der Waals surface area contributed by atoms with E-state index in [0.29, 0.717) is 12.3 Å². The van der Waals surface area contributed by atoms with Gasteiger partial charge in [0.1, 0.15) is 0 Å². The monoisotopic (exact) mass is 238 g/mol. The van der Waals surface area contributed by atoms with Gasteiger partial charge in [-0.15, -0.1) is 0 Å². The van der Waals surface area contributed by atoms with E-state index in [9.17, 15) is 9.59 Å². The second-order valence-corrected chi connectivity index (χ2v) is 5.51. The van der Waals surface area contributed by atoms with Crippen molar-refractivity contribution in [3.8, 4) is 0 Å². The molecule has 17 heavy (non-hydrogen) atoms. The molecule has 0 radical (unpaired) electrons. The molecule has 2 fully saturated rings. The Bertz CT molecular complexity index is 309. The zero-order valence-electron chi connectivity index (χ0n) is 10.7. The molecule has 0 aromatic carbocycles. The number of carbonyl (C=O) groups excluding carboxylic acids is 2. The Hall–Kier alpha value is -0.900. The molecule has 2 rings (SSSR count). The SMILES string of the molecule is CC(C)N1C(=O)CC(NCC2CCCC2)C1=O. The van der Waals surface area contributed by atoms with Gasteiger partial charge in [0.2, 0.25) is 11.8 Å². The Morgan fingerprint density at radius 1 is 1.29 bits per heavy atom. The van der Waals surface area contributed by atoms with Crippen LogP contribution in [0.25, 0.3) is 0 Å². The molecule has 2 amide bonds. The molecule has 0 spiro atoms. The molecule has 2 aliphatic rings. The van der Waals surface area contributed by atoms with Crippen LogP contribution in [0, 0.1) is 5.92 Å². The highest BCUT2D eigenvalue weighted by atomic mass is 16.2. The molecule has 0 bridgehead atoms. The van der Waals surface area contributed by atoms with Crippen LogP contribution in [-0.4, -0.2) is 35.3 Å². The lowest BCUT2D eigenvalue weighted by Crippen LogP contribution is -2.42. The summed E-state index contributed by atoms with van der Waals surface area (Å²) in [6.07, 6.45) is 5.47. The lowest BCUT2D eigenvalue weighted by molar-refractivity contribution is -0.140. The largest absolute Gasteiger partial charge is 0.305 e. The van der Waals surface area contributed by atoms with Gasteiger partial charge in [0.25, 0.3) is 0 Å². The lowest BCUT2D eigenvalue weighted by Gasteiger charge is -2.19. The lowest BCUT2D eigenvalue weighted by atomic mass is 10.1. The summed E-state index contributed by atoms with van der Waals surface area (Å²) in [7, 11) is 0. The van der Waals surface area contributed by atoms with E-state index >= 15 is 0 Å². The third-order valence-electron chi connectivity index (χ3n) is 3.83. The van der Waals surface area contributed by atoms with Crippen LogP contribution in [0.15, 0.2) is 0 Å². The maximum Gasteiger partial charge on any atom is 0.247 e. The quantitative estimate of drug-likeness (QED) is 0.751. The number of amides is 2. The topological polar surface area (TPSA) is 49.4 Å². The van der Waals surface area contributed by atoms with Crippen molar-refractivity contribution in [2.75, 3.05) is 6.54 Å². The van der Waals surface area contributed by atoms with Crippen LogP contribution in [0.1, 0.15) is 46.0 Å². The first-order valence-electron chi connectivity index (χ1n) is 6.69. The van der Waals surface area contributed by atoms with Gasteiger partial charge in [0.05, 0.1) is 12.5 Å². The van der Waals surface area contributed by atoms with Crippen molar-refractivity contribution in [2.24, 2.45) is 5.92 Å². The van der Waals surface area contributed by atoms with E-state index in [2.05, 4.69) is 5.32 Å². The van der Waals surface area contributed by atoms with Crippen molar-refractivity contribution in [1.29, 1.82) is 0 Å². The van der Waals surface area contributed by atoms with Gasteiger partial charge in [-0.1, -0.05) is 12.8 Å². The third-order valence-corrected chi connectivity index (χ3v) is 3.83. The number of imide groups is 1. The zero-order valence-corrected chi connectivity index (χ0v) is 10.7. The molecule has 1 saturated carbocycles. The highest BCUT2D eigenvalue weighted by Gasteiger charge is 2.39. The van der Waals surface area contributed by atoms with Gasteiger partial charge < -0.3 is 5.32 Å². The third kappa shape index (κ3) is 2.68. The molecule has 0 aromatic heterocycles. The number of nitrogens with zero attached hydrogens (tertiary/aromatic N) is 1. The fraction of sp³-hybridized carbons (Fsp3) is 0.846. The smallest absolute Gasteiger partial charge is 0.247 e. The van der Waals surface area contributed by atoms with E-state index in [1.165, 1.54) is 30.6 Å². The predicted octanol–water partition coefficient (Wildman–Crippen LogP) is 1.30. The van der Waals surface area contributed by atoms with Gasteiger partial charge >= 0.3 is 0 Å². The van der Waals surface area contributed by atoms with Crippen molar-refractivity contribution in [3.63, 3.8) is 0 Å².